The van der Waals surface area contributed by atoms with Crippen molar-refractivity contribution >= 4 is 0 Å². The zero-order valence-electron chi connectivity index (χ0n) is 22.6. The summed E-state index contributed by atoms with van der Waals surface area (Å²) < 4.78 is 68.0. The van der Waals surface area contributed by atoms with Gasteiger partial charge in [0.05, 0.1) is 5.60 Å². The number of fused-ring (bicyclic) bond motifs is 5. The molecule has 7 heteroatoms. The third-order valence-corrected chi connectivity index (χ3v) is 12.4. The fourth-order valence-electron chi connectivity index (χ4n) is 9.89. The Hall–Kier alpha value is -0.690. The van der Waals surface area contributed by atoms with Crippen molar-refractivity contribution in [3.05, 3.63) is 11.6 Å². The fraction of sp³-hybridized carbons (Fsp3) is 0.933. The van der Waals surface area contributed by atoms with Crippen LogP contribution in [0.3, 0.4) is 0 Å². The molecule has 0 heterocycles. The highest BCUT2D eigenvalue weighted by molar-refractivity contribution is 5.28. The summed E-state index contributed by atoms with van der Waals surface area (Å²) in [6.45, 7) is 6.84. The van der Waals surface area contributed by atoms with Gasteiger partial charge < -0.3 is 10.2 Å². The zero-order valence-corrected chi connectivity index (χ0v) is 22.6. The first-order chi connectivity index (χ1) is 17.0. The molecule has 0 amide bonds. The molecule has 8 atom stereocenters. The Labute approximate surface area is 218 Å². The molecule has 5 rings (SSSR count). The van der Waals surface area contributed by atoms with E-state index in [9.17, 15) is 32.2 Å². The fourth-order valence-corrected chi connectivity index (χ4v) is 9.89. The van der Waals surface area contributed by atoms with Crippen LogP contribution in [0.25, 0.3) is 0 Å². The summed E-state index contributed by atoms with van der Waals surface area (Å²) >= 11 is 0. The number of hydrogen-bond acceptors (Lipinski definition) is 2. The predicted octanol–water partition coefficient (Wildman–Crippen LogP) is 8.22. The summed E-state index contributed by atoms with van der Waals surface area (Å²) in [5.74, 6) is -0.356. The van der Waals surface area contributed by atoms with Crippen LogP contribution in [0.4, 0.5) is 22.0 Å². The molecule has 37 heavy (non-hydrogen) atoms. The quantitative estimate of drug-likeness (QED) is 0.283. The Bertz CT molecular complexity index is 904. The largest absolute Gasteiger partial charge is 0.417 e. The molecule has 0 aliphatic heterocycles. The van der Waals surface area contributed by atoms with Crippen LogP contribution < -0.4 is 0 Å². The van der Waals surface area contributed by atoms with Crippen LogP contribution in [0.15, 0.2) is 11.6 Å². The molecule has 0 unspecified atom stereocenters. The van der Waals surface area contributed by atoms with E-state index >= 15 is 0 Å². The van der Waals surface area contributed by atoms with E-state index in [2.05, 4.69) is 20.8 Å². The minimum Gasteiger partial charge on any atom is -0.390 e. The highest BCUT2D eigenvalue weighted by Crippen LogP contribution is 2.68. The number of alkyl halides is 5. The summed E-state index contributed by atoms with van der Waals surface area (Å²) in [6, 6.07) is 0. The normalized spacial score (nSPS) is 45.8. The first-order valence-electron chi connectivity index (χ1n) is 14.6. The summed E-state index contributed by atoms with van der Waals surface area (Å²) in [5, 5.41) is 21.4. The van der Waals surface area contributed by atoms with Gasteiger partial charge in [-0.25, -0.2) is 8.78 Å². The Morgan fingerprint density at radius 2 is 1.59 bits per heavy atom. The van der Waals surface area contributed by atoms with Crippen LogP contribution in [-0.4, -0.2) is 33.5 Å². The molecule has 0 aromatic carbocycles. The van der Waals surface area contributed by atoms with Gasteiger partial charge in [-0.1, -0.05) is 32.4 Å². The molecule has 0 bridgehead atoms. The second-order valence-electron chi connectivity index (χ2n) is 14.3. The van der Waals surface area contributed by atoms with E-state index < -0.39 is 23.3 Å². The number of hydrogen-bond donors (Lipinski definition) is 2. The lowest BCUT2D eigenvalue weighted by atomic mass is 9.46. The molecule has 4 fully saturated rings. The lowest BCUT2D eigenvalue weighted by Gasteiger charge is -2.59. The van der Waals surface area contributed by atoms with Gasteiger partial charge in [-0.3, -0.25) is 0 Å². The Morgan fingerprint density at radius 1 is 0.919 bits per heavy atom. The molecule has 0 spiro atoms. The summed E-state index contributed by atoms with van der Waals surface area (Å²) in [7, 11) is 0. The summed E-state index contributed by atoms with van der Waals surface area (Å²) in [4.78, 5) is 0. The molecular formula is C30H45F5O2. The van der Waals surface area contributed by atoms with Gasteiger partial charge in [-0.15, -0.1) is 0 Å². The van der Waals surface area contributed by atoms with E-state index in [1.165, 1.54) is 0 Å². The van der Waals surface area contributed by atoms with Crippen LogP contribution in [0.5, 0.6) is 0 Å². The number of rotatable bonds is 4. The van der Waals surface area contributed by atoms with E-state index in [0.717, 1.165) is 44.1 Å². The molecular weight excluding hydrogens is 487 g/mol. The molecule has 2 N–H and O–H groups in total. The first kappa shape index (κ1) is 27.9. The van der Waals surface area contributed by atoms with Gasteiger partial charge in [0, 0.05) is 19.3 Å². The van der Waals surface area contributed by atoms with Crippen molar-refractivity contribution in [1.82, 2.24) is 0 Å². The SMILES string of the molecule is C[C@@H](CCC1(O)CCC(F)(F)CC1)[C@@H]1CC[C@H]2[C@@H]3CC=C4C[C@](O)(C(F)(F)F)CC[C@]4(C)[C@H]3CC[C@@]21C. The van der Waals surface area contributed by atoms with E-state index in [1.807, 2.05) is 6.08 Å². The van der Waals surface area contributed by atoms with Crippen molar-refractivity contribution in [1.29, 1.82) is 0 Å². The van der Waals surface area contributed by atoms with E-state index in [-0.39, 0.29) is 49.4 Å². The first-order valence-corrected chi connectivity index (χ1v) is 14.6. The van der Waals surface area contributed by atoms with Crippen molar-refractivity contribution < 1.29 is 32.2 Å². The van der Waals surface area contributed by atoms with E-state index in [0.29, 0.717) is 42.4 Å². The third kappa shape index (κ3) is 4.60. The third-order valence-electron chi connectivity index (χ3n) is 12.4. The monoisotopic (exact) mass is 532 g/mol. The molecule has 0 radical (unpaired) electrons. The summed E-state index contributed by atoms with van der Waals surface area (Å²) in [6.07, 6.45) is 3.82. The van der Waals surface area contributed by atoms with Crippen molar-refractivity contribution in [2.24, 2.45) is 40.4 Å². The highest BCUT2D eigenvalue weighted by Gasteiger charge is 2.63. The molecule has 212 valence electrons. The Balaban J connectivity index is 1.27. The summed E-state index contributed by atoms with van der Waals surface area (Å²) in [5.41, 5.74) is -2.84. The lowest BCUT2D eigenvalue weighted by Crippen LogP contribution is -2.55. The van der Waals surface area contributed by atoms with Gasteiger partial charge in [-0.05, 0) is 111 Å². The van der Waals surface area contributed by atoms with Crippen molar-refractivity contribution in [3.8, 4) is 0 Å². The van der Waals surface area contributed by atoms with Gasteiger partial charge in [0.15, 0.2) is 5.60 Å². The zero-order chi connectivity index (χ0) is 27.1. The topological polar surface area (TPSA) is 40.5 Å². The smallest absolute Gasteiger partial charge is 0.390 e. The van der Waals surface area contributed by atoms with Gasteiger partial charge in [0.2, 0.25) is 5.92 Å². The van der Waals surface area contributed by atoms with Crippen molar-refractivity contribution in [3.63, 3.8) is 0 Å². The highest BCUT2D eigenvalue weighted by atomic mass is 19.4. The van der Waals surface area contributed by atoms with Crippen LogP contribution in [0, 0.1) is 40.4 Å². The predicted molar refractivity (Wildman–Crippen MR) is 133 cm³/mol. The maximum Gasteiger partial charge on any atom is 0.417 e. The van der Waals surface area contributed by atoms with Gasteiger partial charge >= 0.3 is 6.18 Å². The molecule has 5 aliphatic rings. The molecule has 5 aliphatic carbocycles. The van der Waals surface area contributed by atoms with Crippen LogP contribution >= 0.6 is 0 Å². The van der Waals surface area contributed by atoms with Crippen molar-refractivity contribution in [2.75, 3.05) is 0 Å². The molecule has 2 nitrogen and oxygen atoms in total. The van der Waals surface area contributed by atoms with Gasteiger partial charge in [0.25, 0.3) is 0 Å². The molecule has 0 aromatic rings. The minimum absolute atomic E-state index is 0.172. The van der Waals surface area contributed by atoms with Crippen LogP contribution in [-0.2, 0) is 0 Å². The van der Waals surface area contributed by atoms with Crippen molar-refractivity contribution in [2.45, 2.75) is 134 Å². The van der Waals surface area contributed by atoms with Crippen LogP contribution in [0.2, 0.25) is 0 Å². The number of aliphatic hydroxyl groups is 2. The number of allylic oxidation sites excluding steroid dienone is 1. The van der Waals surface area contributed by atoms with Gasteiger partial charge in [0.1, 0.15) is 0 Å². The average Bonchev–Trinajstić information content (AvgIpc) is 3.17. The Morgan fingerprint density at radius 3 is 2.24 bits per heavy atom. The number of halogens is 5. The average molecular weight is 533 g/mol. The van der Waals surface area contributed by atoms with E-state index in [1.54, 1.807) is 0 Å². The molecule has 0 saturated heterocycles. The molecule has 0 aromatic heterocycles. The lowest BCUT2D eigenvalue weighted by molar-refractivity contribution is -0.271. The van der Waals surface area contributed by atoms with Gasteiger partial charge in [-0.2, -0.15) is 13.2 Å². The second-order valence-corrected chi connectivity index (χ2v) is 14.3. The maximum atomic E-state index is 13.6. The Kier molecular flexibility index (Phi) is 6.71. The standard InChI is InChI=1S/C30H45F5O2/c1-19(8-11-27(36)13-16-29(31,32)17-14-27)22-6-7-23-21-5-4-20-18-28(37,30(33,34)35)15-12-25(20,2)24(21)9-10-26(22,23)3/h4,19,21-24,36-37H,5-18H2,1-3H3/t19-,21-,22-,23-,24-,25-,26+,28-/m0/s1. The minimum atomic E-state index is -4.60. The second kappa shape index (κ2) is 8.91. The van der Waals surface area contributed by atoms with E-state index in [4.69, 9.17) is 0 Å². The van der Waals surface area contributed by atoms with Crippen LogP contribution in [0.1, 0.15) is 111 Å². The molecule has 4 saturated carbocycles. The maximum absolute atomic E-state index is 13.6.